The molecule has 0 aliphatic rings. The molecule has 0 saturated carbocycles. The summed E-state index contributed by atoms with van der Waals surface area (Å²) >= 11 is 0. The summed E-state index contributed by atoms with van der Waals surface area (Å²) in [6.45, 7) is 0.920. The van der Waals surface area contributed by atoms with Crippen molar-refractivity contribution in [3.05, 3.63) is 20.8 Å². The second-order valence-corrected chi connectivity index (χ2v) is 4.07. The van der Waals surface area contributed by atoms with Crippen LogP contribution in [0.25, 0.3) is 11.2 Å². The van der Waals surface area contributed by atoms with Crippen molar-refractivity contribution < 1.29 is 4.74 Å². The third-order valence-electron chi connectivity index (χ3n) is 2.87. The van der Waals surface area contributed by atoms with Crippen LogP contribution < -0.4 is 22.5 Å². The number of aromatic nitrogens is 4. The van der Waals surface area contributed by atoms with Crippen LogP contribution in [0.2, 0.25) is 0 Å². The summed E-state index contributed by atoms with van der Waals surface area (Å²) in [5, 5.41) is 0. The number of hydrogen-bond acceptors (Lipinski definition) is 6. The fourth-order valence-corrected chi connectivity index (χ4v) is 1.95. The fourth-order valence-electron chi connectivity index (χ4n) is 1.95. The molecule has 0 spiro atoms. The van der Waals surface area contributed by atoms with Crippen LogP contribution in [0.15, 0.2) is 9.59 Å². The summed E-state index contributed by atoms with van der Waals surface area (Å²) in [4.78, 5) is 30.1. The fraction of sp³-hybridized carbons (Fsp3) is 0.500. The van der Waals surface area contributed by atoms with Crippen molar-refractivity contribution in [2.75, 3.05) is 19.1 Å². The van der Waals surface area contributed by atoms with E-state index >= 15 is 0 Å². The molecule has 0 aromatic carbocycles. The van der Waals surface area contributed by atoms with Gasteiger partial charge in [-0.3, -0.25) is 19.8 Å². The zero-order valence-corrected chi connectivity index (χ0v) is 10.8. The molecule has 9 nitrogen and oxygen atoms in total. The lowest BCUT2D eigenvalue weighted by molar-refractivity contribution is 0.190. The molecular formula is C10H16N6O3. The van der Waals surface area contributed by atoms with Crippen LogP contribution in [-0.2, 0) is 18.3 Å². The molecule has 2 heterocycles. The zero-order chi connectivity index (χ0) is 14.0. The minimum absolute atomic E-state index is 0.296. The molecule has 0 bridgehead atoms. The molecule has 0 unspecified atom stereocenters. The number of hydrogen-bond donors (Lipinski definition) is 3. The molecule has 0 amide bonds. The number of methoxy groups -OCH3 is 1. The Morgan fingerprint density at radius 2 is 2.21 bits per heavy atom. The van der Waals surface area contributed by atoms with Gasteiger partial charge in [0.25, 0.3) is 5.56 Å². The van der Waals surface area contributed by atoms with Crippen molar-refractivity contribution in [1.29, 1.82) is 0 Å². The van der Waals surface area contributed by atoms with Gasteiger partial charge >= 0.3 is 5.69 Å². The Labute approximate surface area is 108 Å². The normalized spacial score (nSPS) is 11.1. The van der Waals surface area contributed by atoms with Gasteiger partial charge in [-0.2, -0.15) is 4.98 Å². The molecule has 0 aliphatic carbocycles. The first-order chi connectivity index (χ1) is 9.10. The minimum Gasteiger partial charge on any atom is -0.385 e. The van der Waals surface area contributed by atoms with E-state index in [1.807, 2.05) is 0 Å². The molecule has 0 saturated heterocycles. The third kappa shape index (κ3) is 2.25. The van der Waals surface area contributed by atoms with Gasteiger partial charge in [0.2, 0.25) is 5.95 Å². The van der Waals surface area contributed by atoms with Gasteiger partial charge in [-0.25, -0.2) is 10.6 Å². The van der Waals surface area contributed by atoms with Gasteiger partial charge in [0.05, 0.1) is 0 Å². The number of nitrogens with one attached hydrogen (secondary N) is 2. The maximum absolute atomic E-state index is 11.8. The highest BCUT2D eigenvalue weighted by molar-refractivity contribution is 5.73. The van der Waals surface area contributed by atoms with Crippen LogP contribution >= 0.6 is 0 Å². The van der Waals surface area contributed by atoms with E-state index < -0.39 is 11.2 Å². The van der Waals surface area contributed by atoms with Crippen molar-refractivity contribution in [3.63, 3.8) is 0 Å². The van der Waals surface area contributed by atoms with Crippen LogP contribution in [0.5, 0.6) is 0 Å². The number of rotatable bonds is 5. The van der Waals surface area contributed by atoms with Crippen molar-refractivity contribution in [1.82, 2.24) is 19.1 Å². The second kappa shape index (κ2) is 5.24. The van der Waals surface area contributed by atoms with E-state index in [1.54, 1.807) is 14.2 Å². The number of nitrogens with zero attached hydrogens (tertiary/aromatic N) is 3. The molecule has 2 rings (SSSR count). The number of aromatic amines is 1. The standard InChI is InChI=1S/C10H16N6O3/c1-15-6-7(12-9(15)14-11)16(4-3-5-19-2)10(18)13-8(6)17/h3-5,11H2,1-2H3,(H,12,14)(H,13,17,18). The van der Waals surface area contributed by atoms with Gasteiger partial charge in [-0.15, -0.1) is 0 Å². The Morgan fingerprint density at radius 3 is 2.84 bits per heavy atom. The Morgan fingerprint density at radius 1 is 1.47 bits per heavy atom. The first-order valence-corrected chi connectivity index (χ1v) is 5.75. The summed E-state index contributed by atoms with van der Waals surface area (Å²) < 4.78 is 7.84. The number of anilines is 1. The summed E-state index contributed by atoms with van der Waals surface area (Å²) in [6.07, 6.45) is 0.638. The summed E-state index contributed by atoms with van der Waals surface area (Å²) in [6, 6.07) is 0. The van der Waals surface area contributed by atoms with Gasteiger partial charge in [-0.1, -0.05) is 0 Å². The lowest BCUT2D eigenvalue weighted by Gasteiger charge is -2.05. The number of fused-ring (bicyclic) bond motifs is 1. The van der Waals surface area contributed by atoms with Crippen LogP contribution in [0.4, 0.5) is 5.95 Å². The molecule has 0 atom stereocenters. The van der Waals surface area contributed by atoms with Gasteiger partial charge < -0.3 is 9.30 Å². The van der Waals surface area contributed by atoms with E-state index in [4.69, 9.17) is 10.6 Å². The molecule has 4 N–H and O–H groups in total. The van der Waals surface area contributed by atoms with E-state index in [9.17, 15) is 9.59 Å². The molecule has 2 aromatic heterocycles. The summed E-state index contributed by atoms with van der Waals surface area (Å²) in [5.41, 5.74) is 2.01. The molecule has 19 heavy (non-hydrogen) atoms. The topological polar surface area (TPSA) is 120 Å². The molecule has 0 fully saturated rings. The minimum atomic E-state index is -0.490. The summed E-state index contributed by atoms with van der Waals surface area (Å²) in [7, 11) is 3.23. The number of aryl methyl sites for hydroxylation is 2. The highest BCUT2D eigenvalue weighted by Gasteiger charge is 2.15. The van der Waals surface area contributed by atoms with Gasteiger partial charge in [-0.05, 0) is 6.42 Å². The average Bonchev–Trinajstić information content (AvgIpc) is 2.71. The molecule has 0 radical (unpaired) electrons. The number of nitrogen functional groups attached to an aromatic ring is 1. The molecule has 2 aromatic rings. The first kappa shape index (κ1) is 13.3. The van der Waals surface area contributed by atoms with Crippen LogP contribution in [0.1, 0.15) is 6.42 Å². The van der Waals surface area contributed by atoms with Crippen molar-refractivity contribution in [2.24, 2.45) is 12.9 Å². The summed E-state index contributed by atoms with van der Waals surface area (Å²) in [5.74, 6) is 5.63. The van der Waals surface area contributed by atoms with Gasteiger partial charge in [0.15, 0.2) is 11.2 Å². The quantitative estimate of drug-likeness (QED) is 0.354. The Hall–Kier alpha value is -2.13. The predicted octanol–water partition coefficient (Wildman–Crippen LogP) is -1.25. The second-order valence-electron chi connectivity index (χ2n) is 4.07. The maximum atomic E-state index is 11.8. The maximum Gasteiger partial charge on any atom is 0.330 e. The van der Waals surface area contributed by atoms with Crippen molar-refractivity contribution in [3.8, 4) is 0 Å². The lowest BCUT2D eigenvalue weighted by Crippen LogP contribution is -2.31. The van der Waals surface area contributed by atoms with Gasteiger partial charge in [0.1, 0.15) is 0 Å². The van der Waals surface area contributed by atoms with Crippen LogP contribution in [0, 0.1) is 0 Å². The SMILES string of the molecule is COCCCn1c(=O)[nH]c(=O)c2c1nc(NN)n2C. The molecule has 9 heteroatoms. The Kier molecular flexibility index (Phi) is 3.67. The van der Waals surface area contributed by atoms with E-state index in [2.05, 4.69) is 15.4 Å². The Balaban J connectivity index is 2.62. The molecule has 104 valence electrons. The first-order valence-electron chi connectivity index (χ1n) is 5.75. The molecular weight excluding hydrogens is 252 g/mol. The number of ether oxygens (including phenoxy) is 1. The van der Waals surface area contributed by atoms with E-state index in [1.165, 1.54) is 9.13 Å². The van der Waals surface area contributed by atoms with E-state index in [0.717, 1.165) is 0 Å². The number of nitrogens with two attached hydrogens (primary N) is 1. The third-order valence-corrected chi connectivity index (χ3v) is 2.87. The highest BCUT2D eigenvalue weighted by Crippen LogP contribution is 2.12. The van der Waals surface area contributed by atoms with E-state index in [-0.39, 0.29) is 0 Å². The number of imidazole rings is 1. The number of hydrazine groups is 1. The molecule has 0 aliphatic heterocycles. The number of H-pyrrole nitrogens is 1. The lowest BCUT2D eigenvalue weighted by atomic mass is 10.4. The van der Waals surface area contributed by atoms with Crippen molar-refractivity contribution in [2.45, 2.75) is 13.0 Å². The largest absolute Gasteiger partial charge is 0.385 e. The Bertz CT molecular complexity index is 698. The smallest absolute Gasteiger partial charge is 0.330 e. The van der Waals surface area contributed by atoms with Crippen LogP contribution in [-0.4, -0.2) is 32.8 Å². The zero-order valence-electron chi connectivity index (χ0n) is 10.8. The average molecular weight is 268 g/mol. The van der Waals surface area contributed by atoms with Gasteiger partial charge in [0, 0.05) is 27.3 Å². The monoisotopic (exact) mass is 268 g/mol. The highest BCUT2D eigenvalue weighted by atomic mass is 16.5. The van der Waals surface area contributed by atoms with Crippen molar-refractivity contribution >= 4 is 17.1 Å². The van der Waals surface area contributed by atoms with E-state index in [0.29, 0.717) is 36.7 Å². The predicted molar refractivity (Wildman–Crippen MR) is 69.9 cm³/mol. The van der Waals surface area contributed by atoms with Crippen LogP contribution in [0.3, 0.4) is 0 Å².